The van der Waals surface area contributed by atoms with Crippen molar-refractivity contribution >= 4 is 11.7 Å². The Labute approximate surface area is 116 Å². The number of nitrogens with two attached hydrogens (primary N) is 1. The van der Waals surface area contributed by atoms with E-state index in [2.05, 4.69) is 9.97 Å². The van der Waals surface area contributed by atoms with Crippen LogP contribution >= 0.6 is 0 Å². The summed E-state index contributed by atoms with van der Waals surface area (Å²) in [6.07, 6.45) is 4.31. The molecule has 2 aromatic heterocycles. The minimum Gasteiger partial charge on any atom is -0.383 e. The fourth-order valence-electron chi connectivity index (χ4n) is 1.83. The first kappa shape index (κ1) is 13.9. The van der Waals surface area contributed by atoms with Crippen LogP contribution in [-0.4, -0.2) is 27.3 Å². The highest BCUT2D eigenvalue weighted by Gasteiger charge is 2.18. The molecule has 104 valence electrons. The maximum Gasteiger partial charge on any atom is 0.257 e. The molecular formula is C14H15FN4O. The number of nitrogen functional groups attached to an aromatic ring is 1. The Hall–Kier alpha value is -2.50. The lowest BCUT2D eigenvalue weighted by molar-refractivity contribution is 0.0752. The molecule has 1 amide bonds. The molecule has 0 saturated carbocycles. The second kappa shape index (κ2) is 6.10. The van der Waals surface area contributed by atoms with Crippen molar-refractivity contribution in [1.29, 1.82) is 0 Å². The topological polar surface area (TPSA) is 72.1 Å². The second-order valence-electron chi connectivity index (χ2n) is 4.26. The van der Waals surface area contributed by atoms with E-state index in [1.165, 1.54) is 0 Å². The average Bonchev–Trinajstić information content (AvgIpc) is 2.47. The molecule has 0 saturated heterocycles. The molecule has 0 bridgehead atoms. The predicted octanol–water partition coefficient (Wildman–Crippen LogP) is 1.86. The van der Waals surface area contributed by atoms with Crippen molar-refractivity contribution in [2.45, 2.75) is 13.5 Å². The molecule has 6 heteroatoms. The van der Waals surface area contributed by atoms with E-state index in [4.69, 9.17) is 5.73 Å². The molecule has 0 aromatic carbocycles. The van der Waals surface area contributed by atoms with E-state index in [0.29, 0.717) is 13.1 Å². The molecule has 2 rings (SSSR count). The number of rotatable bonds is 4. The monoisotopic (exact) mass is 274 g/mol. The Kier molecular flexibility index (Phi) is 4.24. The number of nitrogens with zero attached hydrogens (tertiary/aromatic N) is 3. The van der Waals surface area contributed by atoms with Crippen molar-refractivity contribution in [3.63, 3.8) is 0 Å². The highest BCUT2D eigenvalue weighted by molar-refractivity contribution is 5.98. The highest BCUT2D eigenvalue weighted by atomic mass is 19.1. The number of hydrogen-bond donors (Lipinski definition) is 1. The number of anilines is 1. The zero-order valence-corrected chi connectivity index (χ0v) is 11.1. The summed E-state index contributed by atoms with van der Waals surface area (Å²) in [5, 5.41) is 0. The number of aromatic nitrogens is 2. The molecule has 20 heavy (non-hydrogen) atoms. The van der Waals surface area contributed by atoms with Gasteiger partial charge in [0.1, 0.15) is 11.6 Å². The van der Waals surface area contributed by atoms with Crippen LogP contribution in [0, 0.1) is 5.82 Å². The van der Waals surface area contributed by atoms with Crippen molar-refractivity contribution in [1.82, 2.24) is 14.9 Å². The van der Waals surface area contributed by atoms with E-state index in [-0.39, 0.29) is 17.3 Å². The van der Waals surface area contributed by atoms with Gasteiger partial charge in [-0.1, -0.05) is 0 Å². The minimum atomic E-state index is -0.581. The van der Waals surface area contributed by atoms with Gasteiger partial charge in [0.15, 0.2) is 0 Å². The second-order valence-corrected chi connectivity index (χ2v) is 4.26. The molecule has 5 nitrogen and oxygen atoms in total. The molecule has 2 N–H and O–H groups in total. The molecule has 0 spiro atoms. The maximum atomic E-state index is 13.2. The predicted molar refractivity (Wildman–Crippen MR) is 73.3 cm³/mol. The number of halogens is 1. The van der Waals surface area contributed by atoms with Gasteiger partial charge in [-0.25, -0.2) is 9.37 Å². The number of carbonyl (C=O) groups excluding carboxylic acids is 1. The van der Waals surface area contributed by atoms with Gasteiger partial charge >= 0.3 is 0 Å². The summed E-state index contributed by atoms with van der Waals surface area (Å²) in [5.74, 6) is -0.888. The number of pyridine rings is 2. The summed E-state index contributed by atoms with van der Waals surface area (Å²) in [4.78, 5) is 21.5. The summed E-state index contributed by atoms with van der Waals surface area (Å²) >= 11 is 0. The third-order valence-electron chi connectivity index (χ3n) is 2.91. The minimum absolute atomic E-state index is 0.0320. The Morgan fingerprint density at radius 3 is 2.75 bits per heavy atom. The van der Waals surface area contributed by atoms with Gasteiger partial charge in [0.2, 0.25) is 0 Å². The summed E-state index contributed by atoms with van der Waals surface area (Å²) in [6.45, 7) is 2.74. The highest BCUT2D eigenvalue weighted by Crippen LogP contribution is 2.15. The molecule has 0 fully saturated rings. The summed E-state index contributed by atoms with van der Waals surface area (Å²) < 4.78 is 13.2. The van der Waals surface area contributed by atoms with Gasteiger partial charge < -0.3 is 10.6 Å². The quantitative estimate of drug-likeness (QED) is 0.923. The third kappa shape index (κ3) is 3.09. The molecule has 0 atom stereocenters. The first-order chi connectivity index (χ1) is 9.61. The van der Waals surface area contributed by atoms with Crippen LogP contribution in [0.15, 0.2) is 36.8 Å². The number of hydrogen-bond acceptors (Lipinski definition) is 4. The van der Waals surface area contributed by atoms with Gasteiger partial charge in [-0.2, -0.15) is 0 Å². The van der Waals surface area contributed by atoms with Crippen LogP contribution in [0.5, 0.6) is 0 Å². The molecule has 2 aromatic rings. The maximum absolute atomic E-state index is 13.2. The zero-order valence-electron chi connectivity index (χ0n) is 11.1. The Morgan fingerprint density at radius 2 is 2.10 bits per heavy atom. The lowest BCUT2D eigenvalue weighted by atomic mass is 10.2. The molecule has 0 unspecified atom stereocenters. The number of amides is 1. The fourth-order valence-corrected chi connectivity index (χ4v) is 1.83. The van der Waals surface area contributed by atoms with Gasteiger partial charge in [-0.05, 0) is 30.7 Å². The average molecular weight is 274 g/mol. The molecular weight excluding hydrogens is 259 g/mol. The van der Waals surface area contributed by atoms with Gasteiger partial charge in [0, 0.05) is 25.5 Å². The largest absolute Gasteiger partial charge is 0.383 e. The van der Waals surface area contributed by atoms with E-state index in [1.54, 1.807) is 17.3 Å². The Balaban J connectivity index is 2.23. The van der Waals surface area contributed by atoms with Crippen LogP contribution in [0.3, 0.4) is 0 Å². The van der Waals surface area contributed by atoms with Gasteiger partial charge in [0.05, 0.1) is 11.8 Å². The SMILES string of the molecule is CCN(Cc1ccncc1)C(=O)c1cc(F)cnc1N. The smallest absolute Gasteiger partial charge is 0.257 e. The van der Waals surface area contributed by atoms with E-state index in [0.717, 1.165) is 17.8 Å². The van der Waals surface area contributed by atoms with Crippen molar-refractivity contribution in [3.8, 4) is 0 Å². The number of carbonyl (C=O) groups is 1. The lowest BCUT2D eigenvalue weighted by Crippen LogP contribution is -2.31. The normalized spacial score (nSPS) is 10.3. The van der Waals surface area contributed by atoms with Gasteiger partial charge in [0.25, 0.3) is 5.91 Å². The Bertz CT molecular complexity index is 603. The summed E-state index contributed by atoms with van der Waals surface area (Å²) in [6, 6.07) is 4.76. The molecule has 0 radical (unpaired) electrons. The first-order valence-electron chi connectivity index (χ1n) is 6.21. The lowest BCUT2D eigenvalue weighted by Gasteiger charge is -2.21. The van der Waals surface area contributed by atoms with Gasteiger partial charge in [-0.3, -0.25) is 9.78 Å². The van der Waals surface area contributed by atoms with E-state index < -0.39 is 5.82 Å². The van der Waals surface area contributed by atoms with Crippen LogP contribution < -0.4 is 5.73 Å². The molecule has 0 aliphatic carbocycles. The van der Waals surface area contributed by atoms with Crippen LogP contribution in [0.4, 0.5) is 10.2 Å². The van der Waals surface area contributed by atoms with Gasteiger partial charge in [-0.15, -0.1) is 0 Å². The van der Waals surface area contributed by atoms with E-state index in [1.807, 2.05) is 19.1 Å². The standard InChI is InChI=1S/C14H15FN4O/c1-2-19(9-10-3-5-17-6-4-10)14(20)12-7-11(15)8-18-13(12)16/h3-8H,2,9H2,1H3,(H2,16,18). The molecule has 2 heterocycles. The fraction of sp³-hybridized carbons (Fsp3) is 0.214. The van der Waals surface area contributed by atoms with Crippen LogP contribution in [-0.2, 0) is 6.54 Å². The summed E-state index contributed by atoms with van der Waals surface area (Å²) in [5.41, 5.74) is 6.67. The van der Waals surface area contributed by atoms with Crippen LogP contribution in [0.2, 0.25) is 0 Å². The molecule has 0 aliphatic heterocycles. The molecule has 0 aliphatic rings. The van der Waals surface area contributed by atoms with Crippen LogP contribution in [0.25, 0.3) is 0 Å². The van der Waals surface area contributed by atoms with Crippen molar-refractivity contribution in [3.05, 3.63) is 53.7 Å². The Morgan fingerprint density at radius 1 is 1.40 bits per heavy atom. The van der Waals surface area contributed by atoms with Crippen molar-refractivity contribution in [2.75, 3.05) is 12.3 Å². The van der Waals surface area contributed by atoms with Crippen LogP contribution in [0.1, 0.15) is 22.8 Å². The summed E-state index contributed by atoms with van der Waals surface area (Å²) in [7, 11) is 0. The van der Waals surface area contributed by atoms with E-state index >= 15 is 0 Å². The third-order valence-corrected chi connectivity index (χ3v) is 2.91. The van der Waals surface area contributed by atoms with E-state index in [9.17, 15) is 9.18 Å². The van der Waals surface area contributed by atoms with Crippen molar-refractivity contribution < 1.29 is 9.18 Å². The van der Waals surface area contributed by atoms with Crippen molar-refractivity contribution in [2.24, 2.45) is 0 Å². The first-order valence-corrected chi connectivity index (χ1v) is 6.21. The zero-order chi connectivity index (χ0) is 14.5.